The van der Waals surface area contributed by atoms with Gasteiger partial charge >= 0.3 is 5.97 Å². The average Bonchev–Trinajstić information content (AvgIpc) is 3.69. The van der Waals surface area contributed by atoms with Crippen molar-refractivity contribution in [2.24, 2.45) is 11.8 Å². The molecule has 2 saturated heterocycles. The maximum absolute atomic E-state index is 15.1. The van der Waals surface area contributed by atoms with Crippen LogP contribution in [-0.4, -0.2) is 90.4 Å². The quantitative estimate of drug-likeness (QED) is 0.313. The summed E-state index contributed by atoms with van der Waals surface area (Å²) in [5, 5.41) is 13.9. The summed E-state index contributed by atoms with van der Waals surface area (Å²) >= 11 is 10.3. The highest BCUT2D eigenvalue weighted by Gasteiger charge is 2.75. The van der Waals surface area contributed by atoms with Gasteiger partial charge in [-0.2, -0.15) is 0 Å². The molecule has 2 fully saturated rings. The zero-order chi connectivity index (χ0) is 35.7. The van der Waals surface area contributed by atoms with Crippen LogP contribution in [0.3, 0.4) is 0 Å². The van der Waals surface area contributed by atoms with E-state index in [0.717, 1.165) is 5.56 Å². The number of carbonyl (C=O) groups is 4. The van der Waals surface area contributed by atoms with Gasteiger partial charge in [-0.3, -0.25) is 19.2 Å². The van der Waals surface area contributed by atoms with Gasteiger partial charge in [-0.1, -0.05) is 89.1 Å². The fourth-order valence-electron chi connectivity index (χ4n) is 7.82. The lowest BCUT2D eigenvalue weighted by Crippen LogP contribution is -2.58. The molecule has 0 aromatic heterocycles. The highest BCUT2D eigenvalue weighted by Crippen LogP contribution is 2.59. The van der Waals surface area contributed by atoms with Crippen LogP contribution in [-0.2, 0) is 33.4 Å². The highest BCUT2D eigenvalue weighted by atomic mass is 79.9. The molecule has 50 heavy (non-hydrogen) atoms. The van der Waals surface area contributed by atoms with E-state index in [2.05, 4.69) is 21.2 Å². The van der Waals surface area contributed by atoms with Gasteiger partial charge in [0.2, 0.25) is 11.8 Å². The van der Waals surface area contributed by atoms with Crippen LogP contribution in [0.1, 0.15) is 43.4 Å². The number of halogens is 2. The summed E-state index contributed by atoms with van der Waals surface area (Å²) in [5.74, 6) is -4.25. The Morgan fingerprint density at radius 1 is 1.08 bits per heavy atom. The zero-order valence-corrected chi connectivity index (χ0v) is 30.4. The number of para-hydroxylation sites is 1. The Labute approximate surface area is 304 Å². The van der Waals surface area contributed by atoms with E-state index < -0.39 is 72.2 Å². The molecule has 2 aromatic rings. The topological polar surface area (TPSA) is 135 Å². The van der Waals surface area contributed by atoms with Crippen molar-refractivity contribution in [1.82, 2.24) is 10.2 Å². The number of rotatable bonds is 7. The molecule has 5 bridgehead atoms. The molecule has 4 aliphatic heterocycles. The lowest BCUT2D eigenvalue weighted by Gasteiger charge is -2.39. The molecule has 3 amide bonds. The van der Waals surface area contributed by atoms with E-state index in [9.17, 15) is 19.5 Å². The molecule has 0 aliphatic carbocycles. The number of esters is 1. The summed E-state index contributed by atoms with van der Waals surface area (Å²) in [6.07, 6.45) is 4.28. The summed E-state index contributed by atoms with van der Waals surface area (Å²) in [4.78, 5) is 60.6. The first kappa shape index (κ1) is 36.2. The number of amides is 3. The Hall–Kier alpha value is -3.55. The van der Waals surface area contributed by atoms with Crippen molar-refractivity contribution in [2.45, 2.75) is 69.0 Å². The minimum absolute atomic E-state index is 0.0418. The third-order valence-electron chi connectivity index (χ3n) is 10.1. The third-order valence-corrected chi connectivity index (χ3v) is 11.1. The first-order valence-corrected chi connectivity index (χ1v) is 18.0. The van der Waals surface area contributed by atoms with Crippen LogP contribution in [0.2, 0.25) is 5.02 Å². The van der Waals surface area contributed by atoms with Crippen LogP contribution in [0.25, 0.3) is 0 Å². The van der Waals surface area contributed by atoms with Gasteiger partial charge in [0.25, 0.3) is 5.91 Å². The predicted molar refractivity (Wildman–Crippen MR) is 189 cm³/mol. The molecule has 4 aliphatic rings. The fourth-order valence-corrected chi connectivity index (χ4v) is 8.88. The number of fused-ring (bicyclic) bond motifs is 2. The van der Waals surface area contributed by atoms with Gasteiger partial charge in [0, 0.05) is 24.6 Å². The van der Waals surface area contributed by atoms with Gasteiger partial charge in [-0.15, -0.1) is 0 Å². The van der Waals surface area contributed by atoms with Crippen molar-refractivity contribution < 1.29 is 38.5 Å². The molecule has 2 aromatic carbocycles. The van der Waals surface area contributed by atoms with Crippen molar-refractivity contribution in [2.75, 3.05) is 31.8 Å². The molecule has 4 heterocycles. The number of methoxy groups -OCH3 is 1. The maximum Gasteiger partial charge on any atom is 0.313 e. The van der Waals surface area contributed by atoms with E-state index in [4.69, 9.17) is 25.8 Å². The molecule has 6 rings (SSSR count). The molecule has 266 valence electrons. The summed E-state index contributed by atoms with van der Waals surface area (Å²) in [5.41, 5.74) is 0.258. The molecule has 2 N–H and O–H groups in total. The van der Waals surface area contributed by atoms with E-state index in [1.165, 1.54) is 16.9 Å². The van der Waals surface area contributed by atoms with Crippen LogP contribution in [0.4, 0.5) is 5.69 Å². The monoisotopic (exact) mass is 769 g/mol. The molecule has 11 nitrogen and oxygen atoms in total. The van der Waals surface area contributed by atoms with E-state index >= 15 is 4.79 Å². The second-order valence-electron chi connectivity index (χ2n) is 13.1. The van der Waals surface area contributed by atoms with Gasteiger partial charge in [0.1, 0.15) is 29.8 Å². The second kappa shape index (κ2) is 15.0. The maximum atomic E-state index is 15.1. The summed E-state index contributed by atoms with van der Waals surface area (Å²) in [7, 11) is 1.50. The second-order valence-corrected chi connectivity index (χ2v) is 14.4. The fraction of sp³-hybridized carbons (Fsp3) is 0.459. The lowest BCUT2D eigenvalue weighted by molar-refractivity contribution is -0.162. The number of nitrogens with one attached hydrogen (secondary N) is 1. The van der Waals surface area contributed by atoms with Gasteiger partial charge in [-0.05, 0) is 43.0 Å². The Morgan fingerprint density at radius 3 is 2.52 bits per heavy atom. The van der Waals surface area contributed by atoms with Crippen LogP contribution >= 0.6 is 27.5 Å². The van der Waals surface area contributed by atoms with Gasteiger partial charge in [0.05, 0.1) is 41.9 Å². The number of hydrogen-bond acceptors (Lipinski definition) is 8. The normalized spacial score (nSPS) is 31.3. The number of likely N-dealkylation sites (tertiary alicyclic amines) is 1. The van der Waals surface area contributed by atoms with Crippen molar-refractivity contribution in [3.8, 4) is 0 Å². The molecule has 8 atom stereocenters. The first-order valence-electron chi connectivity index (χ1n) is 16.8. The molecular weight excluding hydrogens is 730 g/mol. The number of aliphatic hydroxyl groups excluding tert-OH is 1. The minimum Gasteiger partial charge on any atom is -0.455 e. The SMILES string of the molecule is CC[C@@H](CO)N1C(=O)[C@H]2[C@@H]3C(=O)O[C@H](c4ccccc4)[C@@H](COC)NC(=O)CC/C=C\CN(c4c(C)cccc4Cl)C(=O)[C@H]1[C@@]21C=C(Br)[C@@H]3O1. The number of ether oxygens (including phenoxy) is 3. The number of carbonyl (C=O) groups excluding carboxylic acids is 4. The molecule has 1 spiro atoms. The molecule has 0 unspecified atom stereocenters. The standard InChI is InChI=1S/C37H41BrClN3O8/c1-4-23(19-43)42-33-35(46)41(30-21(2)12-11-15-25(30)39)17-10-6-9-16-27(44)40-26(20-48-3)31(22-13-7-5-8-14-22)49-36(47)28-29(34(42)45)37(33)18-24(38)32(28)50-37/h5-8,10-15,18,23,26,28-29,31-33,43H,4,9,16-17,19-20H2,1-3H3,(H,40,44)/b10-6-/t23-,26+,28-,29+,31+,32-,33-,37+/m0/s1. The van der Waals surface area contributed by atoms with Crippen LogP contribution < -0.4 is 10.2 Å². The Morgan fingerprint density at radius 2 is 1.84 bits per heavy atom. The third kappa shape index (κ3) is 6.30. The molecular formula is C37H41BrClN3O8. The number of hydrogen-bond donors (Lipinski definition) is 2. The van der Waals surface area contributed by atoms with Gasteiger partial charge in [0.15, 0.2) is 0 Å². The molecule has 0 radical (unpaired) electrons. The Bertz CT molecular complexity index is 1680. The lowest BCUT2D eigenvalue weighted by atomic mass is 9.74. The summed E-state index contributed by atoms with van der Waals surface area (Å²) < 4.78 is 18.9. The van der Waals surface area contributed by atoms with Crippen molar-refractivity contribution in [1.29, 1.82) is 0 Å². The number of cyclic esters (lactones) is 1. The van der Waals surface area contributed by atoms with Crippen LogP contribution in [0.15, 0.2) is 71.2 Å². The van der Waals surface area contributed by atoms with E-state index in [0.29, 0.717) is 33.6 Å². The minimum atomic E-state index is -1.56. The number of nitrogens with zero attached hydrogens (tertiary/aromatic N) is 2. The van der Waals surface area contributed by atoms with E-state index in [-0.39, 0.29) is 25.5 Å². The van der Waals surface area contributed by atoms with Crippen molar-refractivity contribution in [3.05, 3.63) is 87.4 Å². The van der Waals surface area contributed by atoms with Crippen molar-refractivity contribution >= 4 is 56.9 Å². The highest BCUT2D eigenvalue weighted by molar-refractivity contribution is 9.11. The van der Waals surface area contributed by atoms with Gasteiger partial charge < -0.3 is 34.4 Å². The molecule has 13 heteroatoms. The van der Waals surface area contributed by atoms with E-state index in [1.807, 2.05) is 32.1 Å². The smallest absolute Gasteiger partial charge is 0.313 e. The summed E-state index contributed by atoms with van der Waals surface area (Å²) in [6.45, 7) is 3.37. The van der Waals surface area contributed by atoms with Gasteiger partial charge in [-0.25, -0.2) is 0 Å². The first-order chi connectivity index (χ1) is 24.1. The van der Waals surface area contributed by atoms with Crippen LogP contribution in [0.5, 0.6) is 0 Å². The molecule has 0 saturated carbocycles. The zero-order valence-electron chi connectivity index (χ0n) is 28.1. The number of anilines is 1. The largest absolute Gasteiger partial charge is 0.455 e. The number of aryl methyl sites for hydroxylation is 1. The summed E-state index contributed by atoms with van der Waals surface area (Å²) in [6, 6.07) is 11.6. The number of benzene rings is 2. The number of allylic oxidation sites excluding steroid dienone is 1. The van der Waals surface area contributed by atoms with Crippen LogP contribution in [0, 0.1) is 18.8 Å². The number of aliphatic hydroxyl groups is 1. The Balaban J connectivity index is 1.52. The van der Waals surface area contributed by atoms with Crippen molar-refractivity contribution in [3.63, 3.8) is 0 Å². The predicted octanol–water partition coefficient (Wildman–Crippen LogP) is 4.39. The van der Waals surface area contributed by atoms with E-state index in [1.54, 1.807) is 48.6 Å². The average molecular weight is 771 g/mol. The Kier molecular flexibility index (Phi) is 10.9.